The summed E-state index contributed by atoms with van der Waals surface area (Å²) in [6.45, 7) is 6.02. The van der Waals surface area contributed by atoms with Crippen LogP contribution in [0.15, 0.2) is 54.6 Å². The number of aliphatic hydroxyl groups excluding tert-OH is 3. The monoisotopic (exact) mass is 504 g/mol. The maximum Gasteiger partial charge on any atom is 0.139 e. The minimum absolute atomic E-state index is 0.0383. The van der Waals surface area contributed by atoms with Crippen molar-refractivity contribution in [2.45, 2.75) is 51.5 Å². The number of nitrogens with zero attached hydrogens (tertiary/aromatic N) is 2. The Morgan fingerprint density at radius 1 is 1.03 bits per heavy atom. The molecule has 8 heteroatoms. The molecule has 0 radical (unpaired) electrons. The number of aliphatic hydroxyl groups is 3. The van der Waals surface area contributed by atoms with Crippen molar-refractivity contribution in [2.24, 2.45) is 5.92 Å². The summed E-state index contributed by atoms with van der Waals surface area (Å²) in [7, 11) is 0. The van der Waals surface area contributed by atoms with Crippen molar-refractivity contribution < 1.29 is 15.3 Å². The Kier molecular flexibility index (Phi) is 6.94. The second-order valence-corrected chi connectivity index (χ2v) is 10.8. The highest BCUT2D eigenvalue weighted by Crippen LogP contribution is 2.39. The maximum absolute atomic E-state index is 10.7. The summed E-state index contributed by atoms with van der Waals surface area (Å²) in [5, 5.41) is 38.4. The second kappa shape index (κ2) is 10.1. The van der Waals surface area contributed by atoms with E-state index in [0.29, 0.717) is 18.1 Å². The number of fused-ring (bicyclic) bond motifs is 1. The molecule has 0 amide bonds. The Labute approximate surface area is 214 Å². The van der Waals surface area contributed by atoms with Crippen LogP contribution in [-0.2, 0) is 0 Å². The minimum Gasteiger partial charge on any atom is -0.396 e. The first kappa shape index (κ1) is 24.6. The number of rotatable bonds is 7. The van der Waals surface area contributed by atoms with Crippen LogP contribution in [0.4, 0.5) is 11.6 Å². The number of hydrogen-bond acceptors (Lipinski definition) is 8. The number of aromatic nitrogens is 2. The molecule has 1 aliphatic carbocycles. The summed E-state index contributed by atoms with van der Waals surface area (Å²) >= 11 is 1.60. The third-order valence-corrected chi connectivity index (χ3v) is 8.08. The predicted molar refractivity (Wildman–Crippen MR) is 145 cm³/mol. The Bertz CT molecular complexity index is 1320. The van der Waals surface area contributed by atoms with Crippen LogP contribution in [0.3, 0.4) is 0 Å². The van der Waals surface area contributed by atoms with E-state index in [9.17, 15) is 15.3 Å². The van der Waals surface area contributed by atoms with Crippen LogP contribution in [0.5, 0.6) is 0 Å². The number of hydrogen-bond donors (Lipinski definition) is 5. The number of anilines is 2. The molecule has 1 aliphatic rings. The molecule has 1 saturated carbocycles. The number of para-hydroxylation sites is 1. The molecule has 1 fully saturated rings. The first-order chi connectivity index (χ1) is 17.3. The van der Waals surface area contributed by atoms with Crippen molar-refractivity contribution in [1.29, 1.82) is 0 Å². The third-order valence-electron chi connectivity index (χ3n) is 7.02. The van der Waals surface area contributed by atoms with Crippen LogP contribution in [0, 0.1) is 19.8 Å². The Hall–Kier alpha value is -3.04. The fourth-order valence-corrected chi connectivity index (χ4v) is 5.96. The summed E-state index contributed by atoms with van der Waals surface area (Å²) in [6.07, 6.45) is -1.55. The molecule has 0 saturated heterocycles. The Morgan fingerprint density at radius 3 is 2.47 bits per heavy atom. The van der Waals surface area contributed by atoms with Gasteiger partial charge in [-0.15, -0.1) is 11.3 Å². The van der Waals surface area contributed by atoms with Gasteiger partial charge in [0.05, 0.1) is 27.9 Å². The maximum atomic E-state index is 10.7. The quantitative estimate of drug-likeness (QED) is 0.249. The molecule has 5 unspecified atom stereocenters. The molecule has 5 rings (SSSR count). The number of nitrogens with one attached hydrogen (secondary N) is 2. The highest BCUT2D eigenvalue weighted by Gasteiger charge is 2.41. The van der Waals surface area contributed by atoms with Crippen molar-refractivity contribution in [3.05, 3.63) is 71.3 Å². The van der Waals surface area contributed by atoms with Gasteiger partial charge in [-0.2, -0.15) is 0 Å². The van der Waals surface area contributed by atoms with Gasteiger partial charge >= 0.3 is 0 Å². The lowest BCUT2D eigenvalue weighted by Gasteiger charge is -2.23. The molecule has 2 aromatic heterocycles. The van der Waals surface area contributed by atoms with Crippen LogP contribution in [0.25, 0.3) is 20.8 Å². The zero-order valence-electron chi connectivity index (χ0n) is 20.6. The van der Waals surface area contributed by atoms with E-state index in [2.05, 4.69) is 54.8 Å². The molecular weight excluding hydrogens is 472 g/mol. The molecule has 7 nitrogen and oxygen atoms in total. The van der Waals surface area contributed by atoms with Crippen LogP contribution in [0.1, 0.15) is 36.1 Å². The van der Waals surface area contributed by atoms with Crippen molar-refractivity contribution >= 4 is 33.2 Å². The van der Waals surface area contributed by atoms with E-state index in [-0.39, 0.29) is 18.6 Å². The van der Waals surface area contributed by atoms with E-state index in [0.717, 1.165) is 31.9 Å². The molecule has 5 atom stereocenters. The van der Waals surface area contributed by atoms with Gasteiger partial charge < -0.3 is 26.0 Å². The summed E-state index contributed by atoms with van der Waals surface area (Å²) in [5.41, 5.74) is 5.17. The van der Waals surface area contributed by atoms with Crippen molar-refractivity contribution in [2.75, 3.05) is 17.2 Å². The highest BCUT2D eigenvalue weighted by atomic mass is 32.1. The lowest BCUT2D eigenvalue weighted by molar-refractivity contribution is 0.00446. The van der Waals surface area contributed by atoms with E-state index in [4.69, 9.17) is 9.97 Å². The average molecular weight is 505 g/mol. The van der Waals surface area contributed by atoms with Gasteiger partial charge in [0.15, 0.2) is 0 Å². The van der Waals surface area contributed by atoms with Crippen LogP contribution >= 0.6 is 11.3 Å². The standard InChI is InChI=1S/C28H32N4O3S/c1-15-8-10-18(11-9-15)17(3)29-23-12-16(2)24(28-31-20-6-4-5-7-22(20)36-28)27(32-23)30-21-13-19(14-33)25(34)26(21)35/h4-12,17,19,21,25-26,33-35H,13-14H2,1-3H3,(H2,29,30,32). The summed E-state index contributed by atoms with van der Waals surface area (Å²) < 4.78 is 1.09. The van der Waals surface area contributed by atoms with Gasteiger partial charge in [0, 0.05) is 18.6 Å². The molecule has 2 heterocycles. The summed E-state index contributed by atoms with van der Waals surface area (Å²) in [6, 6.07) is 18.0. The average Bonchev–Trinajstić information content (AvgIpc) is 3.40. The molecule has 2 aromatic carbocycles. The Morgan fingerprint density at radius 2 is 1.78 bits per heavy atom. The molecular formula is C28H32N4O3S. The number of aryl methyl sites for hydroxylation is 2. The van der Waals surface area contributed by atoms with Crippen molar-refractivity contribution in [3.8, 4) is 10.6 Å². The van der Waals surface area contributed by atoms with E-state index in [1.54, 1.807) is 11.3 Å². The van der Waals surface area contributed by atoms with Gasteiger partial charge in [-0.05, 0) is 56.5 Å². The van der Waals surface area contributed by atoms with Gasteiger partial charge in [-0.1, -0.05) is 42.0 Å². The van der Waals surface area contributed by atoms with Crippen molar-refractivity contribution in [3.63, 3.8) is 0 Å². The molecule has 5 N–H and O–H groups in total. The fourth-order valence-electron chi connectivity index (χ4n) is 4.88. The number of pyridine rings is 1. The second-order valence-electron chi connectivity index (χ2n) is 9.72. The highest BCUT2D eigenvalue weighted by molar-refractivity contribution is 7.21. The number of thiazole rings is 1. The van der Waals surface area contributed by atoms with Gasteiger partial charge in [-0.25, -0.2) is 9.97 Å². The first-order valence-corrected chi connectivity index (χ1v) is 13.1. The fraction of sp³-hybridized carbons (Fsp3) is 0.357. The van der Waals surface area contributed by atoms with Crippen LogP contribution in [-0.4, -0.2) is 50.1 Å². The topological polar surface area (TPSA) is 111 Å². The van der Waals surface area contributed by atoms with Gasteiger partial charge in [0.2, 0.25) is 0 Å². The van der Waals surface area contributed by atoms with Crippen LogP contribution < -0.4 is 10.6 Å². The lowest BCUT2D eigenvalue weighted by atomic mass is 10.1. The largest absolute Gasteiger partial charge is 0.396 e. The Balaban J connectivity index is 1.53. The summed E-state index contributed by atoms with van der Waals surface area (Å²) in [4.78, 5) is 9.78. The molecule has 0 spiro atoms. The molecule has 0 bridgehead atoms. The zero-order chi connectivity index (χ0) is 25.4. The van der Waals surface area contributed by atoms with E-state index in [1.165, 1.54) is 5.56 Å². The molecule has 4 aromatic rings. The smallest absolute Gasteiger partial charge is 0.139 e. The molecule has 36 heavy (non-hydrogen) atoms. The zero-order valence-corrected chi connectivity index (χ0v) is 21.5. The third kappa shape index (κ3) is 4.82. The van der Waals surface area contributed by atoms with Gasteiger partial charge in [0.25, 0.3) is 0 Å². The summed E-state index contributed by atoms with van der Waals surface area (Å²) in [5.74, 6) is 0.926. The number of benzene rings is 2. The van der Waals surface area contributed by atoms with E-state index < -0.39 is 18.2 Å². The van der Waals surface area contributed by atoms with E-state index >= 15 is 0 Å². The van der Waals surface area contributed by atoms with Crippen LogP contribution in [0.2, 0.25) is 0 Å². The molecule has 0 aliphatic heterocycles. The first-order valence-electron chi connectivity index (χ1n) is 12.3. The van der Waals surface area contributed by atoms with E-state index in [1.807, 2.05) is 31.2 Å². The minimum atomic E-state index is -1.00. The lowest BCUT2D eigenvalue weighted by Crippen LogP contribution is -2.35. The van der Waals surface area contributed by atoms with Crippen molar-refractivity contribution in [1.82, 2.24) is 9.97 Å². The normalized spacial score (nSPS) is 22.6. The molecule has 188 valence electrons. The van der Waals surface area contributed by atoms with Gasteiger partial charge in [0.1, 0.15) is 22.7 Å². The SMILES string of the molecule is Cc1ccc(C(C)Nc2cc(C)c(-c3nc4ccccc4s3)c(NC3CC(CO)C(O)C3O)n2)cc1. The van der Waals surface area contributed by atoms with Gasteiger partial charge in [-0.3, -0.25) is 0 Å². The predicted octanol–water partition coefficient (Wildman–Crippen LogP) is 4.66.